The van der Waals surface area contributed by atoms with Crippen molar-refractivity contribution in [1.82, 2.24) is 10.5 Å². The summed E-state index contributed by atoms with van der Waals surface area (Å²) in [6.45, 7) is 5.19. The molecule has 1 heterocycles. The van der Waals surface area contributed by atoms with Gasteiger partial charge in [-0.2, -0.15) is 0 Å². The van der Waals surface area contributed by atoms with Crippen LogP contribution in [0.5, 0.6) is 0 Å². The molecule has 0 aromatic carbocycles. The van der Waals surface area contributed by atoms with E-state index in [1.807, 2.05) is 5.59 Å². The summed E-state index contributed by atoms with van der Waals surface area (Å²) in [5, 5.41) is 0. The summed E-state index contributed by atoms with van der Waals surface area (Å²) >= 11 is 0. The zero-order chi connectivity index (χ0) is 10.4. The van der Waals surface area contributed by atoms with Crippen LogP contribution in [0.1, 0.15) is 26.2 Å². The maximum atomic E-state index is 11.0. The molecule has 0 spiro atoms. The lowest BCUT2D eigenvalue weighted by Gasteiger charge is -2.14. The first-order valence-corrected chi connectivity index (χ1v) is 5.14. The topological polar surface area (TPSA) is 67.6 Å². The molecule has 1 aliphatic rings. The van der Waals surface area contributed by atoms with Gasteiger partial charge in [0.25, 0.3) is 0 Å². The minimum Gasteiger partial charge on any atom is -0.356 e. The van der Waals surface area contributed by atoms with E-state index in [1.165, 1.54) is 12.8 Å². The molecule has 0 aromatic heterocycles. The normalized spacial score (nSPS) is 22.6. The molecule has 82 valence electrons. The number of likely N-dealkylation sites (tertiary alicyclic amines) is 1. The van der Waals surface area contributed by atoms with Crippen LogP contribution >= 0.6 is 0 Å². The Hall–Kier alpha value is -0.650. The largest absolute Gasteiger partial charge is 0.356 e. The molecule has 1 rings (SSSR count). The standard InChI is InChI=1S/C9H19N3O2/c1-2-8-3-5-12(7-8)6-4-9(13)14-11-10/h8,11H,2-7,10H2,1H3. The summed E-state index contributed by atoms with van der Waals surface area (Å²) in [4.78, 5) is 17.7. The van der Waals surface area contributed by atoms with E-state index in [9.17, 15) is 4.79 Å². The molecule has 0 aliphatic carbocycles. The summed E-state index contributed by atoms with van der Waals surface area (Å²) in [5.41, 5.74) is 1.89. The van der Waals surface area contributed by atoms with Gasteiger partial charge < -0.3 is 9.74 Å². The van der Waals surface area contributed by atoms with Crippen LogP contribution in [-0.2, 0) is 9.63 Å². The fourth-order valence-electron chi connectivity index (χ4n) is 1.82. The van der Waals surface area contributed by atoms with Gasteiger partial charge in [0.05, 0.1) is 6.42 Å². The van der Waals surface area contributed by atoms with Crippen LogP contribution in [0.4, 0.5) is 0 Å². The van der Waals surface area contributed by atoms with Gasteiger partial charge in [-0.1, -0.05) is 18.9 Å². The maximum absolute atomic E-state index is 11.0. The highest BCUT2D eigenvalue weighted by Crippen LogP contribution is 2.18. The maximum Gasteiger partial charge on any atom is 0.327 e. The van der Waals surface area contributed by atoms with Gasteiger partial charge in [0.1, 0.15) is 0 Å². The predicted octanol–water partition coefficient (Wildman–Crippen LogP) is 0.0299. The number of carbonyl (C=O) groups is 1. The molecule has 1 aliphatic heterocycles. The number of nitrogens with two attached hydrogens (primary N) is 1. The molecule has 1 fully saturated rings. The molecule has 0 aromatic rings. The second-order valence-corrected chi connectivity index (χ2v) is 3.71. The van der Waals surface area contributed by atoms with E-state index in [0.29, 0.717) is 6.42 Å². The van der Waals surface area contributed by atoms with Crippen LogP contribution in [0, 0.1) is 5.92 Å². The lowest BCUT2D eigenvalue weighted by Crippen LogP contribution is -2.29. The van der Waals surface area contributed by atoms with Crippen molar-refractivity contribution in [3.05, 3.63) is 0 Å². The van der Waals surface area contributed by atoms with Crippen molar-refractivity contribution in [2.45, 2.75) is 26.2 Å². The van der Waals surface area contributed by atoms with Crippen molar-refractivity contribution in [1.29, 1.82) is 0 Å². The van der Waals surface area contributed by atoms with Gasteiger partial charge in [-0.15, -0.1) is 0 Å². The van der Waals surface area contributed by atoms with Crippen LogP contribution in [0.2, 0.25) is 0 Å². The highest BCUT2D eigenvalue weighted by molar-refractivity contribution is 5.69. The first-order valence-electron chi connectivity index (χ1n) is 5.14. The zero-order valence-electron chi connectivity index (χ0n) is 8.66. The molecule has 0 saturated carbocycles. The predicted molar refractivity (Wildman–Crippen MR) is 52.9 cm³/mol. The molecule has 14 heavy (non-hydrogen) atoms. The average Bonchev–Trinajstić information content (AvgIpc) is 2.63. The first kappa shape index (κ1) is 11.4. The molecule has 3 N–H and O–H groups in total. The molecule has 0 radical (unpaired) electrons. The Morgan fingerprint density at radius 2 is 2.50 bits per heavy atom. The van der Waals surface area contributed by atoms with E-state index in [0.717, 1.165) is 25.6 Å². The number of hydrogen-bond acceptors (Lipinski definition) is 5. The third kappa shape index (κ3) is 3.61. The highest BCUT2D eigenvalue weighted by Gasteiger charge is 2.21. The Kier molecular flexibility index (Phi) is 4.86. The molecular weight excluding hydrogens is 182 g/mol. The highest BCUT2D eigenvalue weighted by atomic mass is 16.7. The average molecular weight is 201 g/mol. The summed E-state index contributed by atoms with van der Waals surface area (Å²) in [5.74, 6) is 5.36. The Balaban J connectivity index is 2.11. The van der Waals surface area contributed by atoms with Gasteiger partial charge in [-0.3, -0.25) is 4.79 Å². The third-order valence-corrected chi connectivity index (χ3v) is 2.75. The smallest absolute Gasteiger partial charge is 0.327 e. The second-order valence-electron chi connectivity index (χ2n) is 3.71. The van der Waals surface area contributed by atoms with Gasteiger partial charge in [0.15, 0.2) is 0 Å². The second kappa shape index (κ2) is 5.95. The zero-order valence-corrected chi connectivity index (χ0v) is 8.66. The molecule has 5 nitrogen and oxygen atoms in total. The minimum absolute atomic E-state index is 0.299. The van der Waals surface area contributed by atoms with Gasteiger partial charge in [-0.05, 0) is 18.9 Å². The number of carbonyl (C=O) groups excluding carboxylic acids is 1. The first-order chi connectivity index (χ1) is 6.76. The Morgan fingerprint density at radius 3 is 3.07 bits per heavy atom. The lowest BCUT2D eigenvalue weighted by molar-refractivity contribution is -0.151. The van der Waals surface area contributed by atoms with E-state index in [2.05, 4.69) is 16.7 Å². The van der Waals surface area contributed by atoms with Crippen molar-refractivity contribution in [2.75, 3.05) is 19.6 Å². The van der Waals surface area contributed by atoms with E-state index in [-0.39, 0.29) is 5.97 Å². The molecule has 0 bridgehead atoms. The molecule has 0 amide bonds. The van der Waals surface area contributed by atoms with Crippen molar-refractivity contribution in [3.63, 3.8) is 0 Å². The molecular formula is C9H19N3O2. The van der Waals surface area contributed by atoms with E-state index in [4.69, 9.17) is 5.84 Å². The molecule has 1 atom stereocenters. The summed E-state index contributed by atoms with van der Waals surface area (Å²) < 4.78 is 0. The van der Waals surface area contributed by atoms with Crippen LogP contribution < -0.4 is 11.4 Å². The van der Waals surface area contributed by atoms with Crippen molar-refractivity contribution >= 4 is 5.97 Å². The number of nitrogens with zero attached hydrogens (tertiary/aromatic N) is 1. The molecule has 1 saturated heterocycles. The molecule has 1 unspecified atom stereocenters. The van der Waals surface area contributed by atoms with Gasteiger partial charge >= 0.3 is 5.97 Å². The van der Waals surface area contributed by atoms with Crippen molar-refractivity contribution < 1.29 is 9.63 Å². The number of nitrogens with one attached hydrogen (secondary N) is 1. The summed E-state index contributed by atoms with van der Waals surface area (Å²) in [6.07, 6.45) is 2.88. The van der Waals surface area contributed by atoms with Crippen LogP contribution in [-0.4, -0.2) is 30.5 Å². The fourth-order valence-corrected chi connectivity index (χ4v) is 1.82. The van der Waals surface area contributed by atoms with Gasteiger partial charge in [0, 0.05) is 13.1 Å². The summed E-state index contributed by atoms with van der Waals surface area (Å²) in [6, 6.07) is 0. The van der Waals surface area contributed by atoms with Gasteiger partial charge in [-0.25, -0.2) is 5.84 Å². The van der Waals surface area contributed by atoms with E-state index >= 15 is 0 Å². The Morgan fingerprint density at radius 1 is 1.71 bits per heavy atom. The van der Waals surface area contributed by atoms with Gasteiger partial charge in [0.2, 0.25) is 0 Å². The SMILES string of the molecule is CCC1CCN(CCC(=O)ONN)C1. The van der Waals surface area contributed by atoms with E-state index < -0.39 is 0 Å². The Bertz CT molecular complexity index is 187. The Labute approximate surface area is 84.5 Å². The van der Waals surface area contributed by atoms with Crippen LogP contribution in [0.25, 0.3) is 0 Å². The van der Waals surface area contributed by atoms with E-state index in [1.54, 1.807) is 0 Å². The summed E-state index contributed by atoms with van der Waals surface area (Å²) in [7, 11) is 0. The van der Waals surface area contributed by atoms with Crippen LogP contribution in [0.3, 0.4) is 0 Å². The van der Waals surface area contributed by atoms with Crippen molar-refractivity contribution in [2.24, 2.45) is 11.8 Å². The van der Waals surface area contributed by atoms with Crippen LogP contribution in [0.15, 0.2) is 0 Å². The minimum atomic E-state index is -0.299. The quantitative estimate of drug-likeness (QED) is 0.485. The third-order valence-electron chi connectivity index (χ3n) is 2.75. The molecule has 5 heteroatoms. The monoisotopic (exact) mass is 201 g/mol. The lowest BCUT2D eigenvalue weighted by atomic mass is 10.1. The van der Waals surface area contributed by atoms with Crippen molar-refractivity contribution in [3.8, 4) is 0 Å². The number of rotatable bonds is 5. The number of hydrogen-bond donors (Lipinski definition) is 2. The number of hydrazine groups is 1. The fraction of sp³-hybridized carbons (Fsp3) is 0.889.